The molecule has 31 heavy (non-hydrogen) atoms. The SMILES string of the molecule is CN(Cc1ccc(F)cn1)Cc1nc(N2CCOCC2)c2ncn(CC(F)(F)F)c2n1. The summed E-state index contributed by atoms with van der Waals surface area (Å²) in [7, 11) is 1.81. The summed E-state index contributed by atoms with van der Waals surface area (Å²) in [6, 6.07) is 2.90. The Bertz CT molecular complexity index is 1030. The fourth-order valence-corrected chi connectivity index (χ4v) is 3.42. The predicted octanol–water partition coefficient (Wildman–Crippen LogP) is 2.39. The number of pyridine rings is 1. The van der Waals surface area contributed by atoms with Crippen LogP contribution in [0.15, 0.2) is 24.7 Å². The highest BCUT2D eigenvalue weighted by Crippen LogP contribution is 2.26. The minimum atomic E-state index is -4.40. The molecule has 4 rings (SSSR count). The molecule has 1 aliphatic heterocycles. The van der Waals surface area contributed by atoms with E-state index in [1.54, 1.807) is 13.1 Å². The maximum Gasteiger partial charge on any atom is 0.406 e. The summed E-state index contributed by atoms with van der Waals surface area (Å²) in [6.07, 6.45) is -2.12. The number of anilines is 1. The van der Waals surface area contributed by atoms with E-state index in [4.69, 9.17) is 4.74 Å². The van der Waals surface area contributed by atoms with Crippen LogP contribution in [0.25, 0.3) is 11.2 Å². The average Bonchev–Trinajstić information content (AvgIpc) is 3.11. The largest absolute Gasteiger partial charge is 0.406 e. The fourth-order valence-electron chi connectivity index (χ4n) is 3.42. The zero-order valence-corrected chi connectivity index (χ0v) is 16.8. The van der Waals surface area contributed by atoms with Crippen LogP contribution in [0.3, 0.4) is 0 Å². The van der Waals surface area contributed by atoms with E-state index in [1.807, 2.05) is 9.80 Å². The molecule has 12 heteroatoms. The van der Waals surface area contributed by atoms with Gasteiger partial charge in [0, 0.05) is 19.6 Å². The van der Waals surface area contributed by atoms with Crippen molar-refractivity contribution in [3.8, 4) is 0 Å². The van der Waals surface area contributed by atoms with Gasteiger partial charge in [0.15, 0.2) is 17.0 Å². The van der Waals surface area contributed by atoms with Crippen molar-refractivity contribution < 1.29 is 22.3 Å². The minimum Gasteiger partial charge on any atom is -0.378 e. The fraction of sp³-hybridized carbons (Fsp3) is 0.474. The highest BCUT2D eigenvalue weighted by molar-refractivity contribution is 5.83. The molecule has 0 bridgehead atoms. The first-order valence-electron chi connectivity index (χ1n) is 9.69. The maximum atomic E-state index is 13.1. The summed E-state index contributed by atoms with van der Waals surface area (Å²) in [5.41, 5.74) is 1.12. The van der Waals surface area contributed by atoms with Gasteiger partial charge in [0.05, 0.1) is 38.0 Å². The Morgan fingerprint density at radius 2 is 1.87 bits per heavy atom. The summed E-state index contributed by atoms with van der Waals surface area (Å²) >= 11 is 0. The first-order valence-corrected chi connectivity index (χ1v) is 9.69. The summed E-state index contributed by atoms with van der Waals surface area (Å²) in [5.74, 6) is 0.438. The lowest BCUT2D eigenvalue weighted by Gasteiger charge is -2.28. The third-order valence-corrected chi connectivity index (χ3v) is 4.78. The number of morpholine rings is 1. The predicted molar refractivity (Wildman–Crippen MR) is 104 cm³/mol. The van der Waals surface area contributed by atoms with E-state index in [9.17, 15) is 17.6 Å². The first kappa shape index (κ1) is 21.4. The van der Waals surface area contributed by atoms with E-state index in [2.05, 4.69) is 19.9 Å². The number of halogens is 4. The van der Waals surface area contributed by atoms with Crippen LogP contribution in [-0.2, 0) is 24.4 Å². The third kappa shape index (κ3) is 5.25. The molecule has 1 saturated heterocycles. The van der Waals surface area contributed by atoms with Gasteiger partial charge in [0.2, 0.25) is 0 Å². The van der Waals surface area contributed by atoms with Gasteiger partial charge in [-0.05, 0) is 19.2 Å². The van der Waals surface area contributed by atoms with Crippen molar-refractivity contribution >= 4 is 17.0 Å². The van der Waals surface area contributed by atoms with Crippen molar-refractivity contribution in [2.45, 2.75) is 25.8 Å². The normalized spacial score (nSPS) is 15.2. The lowest BCUT2D eigenvalue weighted by molar-refractivity contribution is -0.140. The molecule has 3 aromatic heterocycles. The van der Waals surface area contributed by atoms with Gasteiger partial charge < -0.3 is 14.2 Å². The molecule has 0 unspecified atom stereocenters. The van der Waals surface area contributed by atoms with Crippen molar-refractivity contribution in [3.05, 3.63) is 42.0 Å². The number of nitrogens with zero attached hydrogens (tertiary/aromatic N) is 7. The van der Waals surface area contributed by atoms with Crippen LogP contribution in [0.5, 0.6) is 0 Å². The van der Waals surface area contributed by atoms with E-state index in [0.717, 1.165) is 17.1 Å². The molecule has 3 aromatic rings. The van der Waals surface area contributed by atoms with E-state index in [0.29, 0.717) is 55.7 Å². The van der Waals surface area contributed by atoms with Crippen molar-refractivity contribution in [3.63, 3.8) is 0 Å². The molecule has 0 N–H and O–H groups in total. The quantitative estimate of drug-likeness (QED) is 0.546. The van der Waals surface area contributed by atoms with Crippen LogP contribution in [0.1, 0.15) is 11.5 Å². The molecule has 0 radical (unpaired) electrons. The zero-order valence-electron chi connectivity index (χ0n) is 16.8. The Kier molecular flexibility index (Phi) is 6.01. The van der Waals surface area contributed by atoms with Crippen LogP contribution in [0.4, 0.5) is 23.4 Å². The summed E-state index contributed by atoms with van der Waals surface area (Å²) in [6.45, 7) is 1.61. The molecule has 0 saturated carbocycles. The van der Waals surface area contributed by atoms with Crippen molar-refractivity contribution in [2.75, 3.05) is 38.3 Å². The van der Waals surface area contributed by atoms with Gasteiger partial charge in [-0.1, -0.05) is 0 Å². The van der Waals surface area contributed by atoms with Crippen LogP contribution in [0, 0.1) is 5.82 Å². The second kappa shape index (κ2) is 8.71. The topological polar surface area (TPSA) is 72.2 Å². The number of aromatic nitrogens is 5. The number of rotatable bonds is 6. The lowest BCUT2D eigenvalue weighted by Crippen LogP contribution is -2.37. The third-order valence-electron chi connectivity index (χ3n) is 4.78. The van der Waals surface area contributed by atoms with Crippen LogP contribution in [0.2, 0.25) is 0 Å². The van der Waals surface area contributed by atoms with Crippen molar-refractivity contribution in [2.24, 2.45) is 0 Å². The zero-order chi connectivity index (χ0) is 22.0. The van der Waals surface area contributed by atoms with E-state index < -0.39 is 18.5 Å². The molecule has 0 amide bonds. The summed E-state index contributed by atoms with van der Waals surface area (Å²) in [5, 5.41) is 0. The van der Waals surface area contributed by atoms with Crippen molar-refractivity contribution in [1.29, 1.82) is 0 Å². The first-order chi connectivity index (χ1) is 14.8. The van der Waals surface area contributed by atoms with Gasteiger partial charge in [-0.3, -0.25) is 9.88 Å². The molecule has 0 spiro atoms. The van der Waals surface area contributed by atoms with E-state index in [-0.39, 0.29) is 12.2 Å². The molecule has 0 aliphatic carbocycles. The van der Waals surface area contributed by atoms with Gasteiger partial charge in [-0.2, -0.15) is 13.2 Å². The maximum absolute atomic E-state index is 13.1. The van der Waals surface area contributed by atoms with Gasteiger partial charge >= 0.3 is 6.18 Å². The Balaban J connectivity index is 1.64. The minimum absolute atomic E-state index is 0.136. The second-order valence-electron chi connectivity index (χ2n) is 7.36. The number of alkyl halides is 3. The smallest absolute Gasteiger partial charge is 0.378 e. The molecule has 4 heterocycles. The molecule has 8 nitrogen and oxygen atoms in total. The highest BCUT2D eigenvalue weighted by Gasteiger charge is 2.30. The number of hydrogen-bond donors (Lipinski definition) is 0. The summed E-state index contributed by atoms with van der Waals surface area (Å²) in [4.78, 5) is 21.0. The number of fused-ring (bicyclic) bond motifs is 1. The Labute approximate surface area is 175 Å². The van der Waals surface area contributed by atoms with E-state index >= 15 is 0 Å². The molecule has 1 fully saturated rings. The number of imidazole rings is 1. The molecular weight excluding hydrogens is 418 g/mol. The molecule has 0 atom stereocenters. The monoisotopic (exact) mass is 439 g/mol. The molecule has 166 valence electrons. The Hall–Kier alpha value is -2.86. The summed E-state index contributed by atoms with van der Waals surface area (Å²) < 4.78 is 58.5. The molecular formula is C19H21F4N7O. The second-order valence-corrected chi connectivity index (χ2v) is 7.36. The highest BCUT2D eigenvalue weighted by atomic mass is 19.4. The standard InChI is InChI=1S/C19H21F4N7O/c1-28(9-14-3-2-13(20)8-24-14)10-15-26-17(29-4-6-31-7-5-29)16-18(27-15)30(12-25-16)11-19(21,22)23/h2-3,8,12H,4-7,9-11H2,1H3. The molecule has 1 aliphatic rings. The van der Waals surface area contributed by atoms with Crippen LogP contribution in [-0.4, -0.2) is 68.9 Å². The van der Waals surface area contributed by atoms with Crippen LogP contribution >= 0.6 is 0 Å². The van der Waals surface area contributed by atoms with Gasteiger partial charge in [0.25, 0.3) is 0 Å². The lowest BCUT2D eigenvalue weighted by atomic mass is 10.3. The number of hydrogen-bond acceptors (Lipinski definition) is 7. The Morgan fingerprint density at radius 3 is 2.55 bits per heavy atom. The van der Waals surface area contributed by atoms with E-state index in [1.165, 1.54) is 6.07 Å². The van der Waals surface area contributed by atoms with Crippen LogP contribution < -0.4 is 4.90 Å². The Morgan fingerprint density at radius 1 is 1.10 bits per heavy atom. The van der Waals surface area contributed by atoms with Gasteiger partial charge in [-0.15, -0.1) is 0 Å². The number of ether oxygens (including phenoxy) is 1. The molecule has 0 aromatic carbocycles. The van der Waals surface area contributed by atoms with Gasteiger partial charge in [0.1, 0.15) is 18.2 Å². The average molecular weight is 439 g/mol. The van der Waals surface area contributed by atoms with Crippen molar-refractivity contribution in [1.82, 2.24) is 29.4 Å². The van der Waals surface area contributed by atoms with Gasteiger partial charge in [-0.25, -0.2) is 19.3 Å².